The molecule has 3 unspecified atom stereocenters. The Morgan fingerprint density at radius 2 is 1.94 bits per heavy atom. The van der Waals surface area contributed by atoms with Crippen molar-refractivity contribution in [3.8, 4) is 0 Å². The molecule has 1 saturated heterocycles. The Kier molecular flexibility index (Phi) is 2.29. The van der Waals surface area contributed by atoms with Gasteiger partial charge in [-0.25, -0.2) is 0 Å². The number of hydrogen-bond donors (Lipinski definition) is 2. The number of carbonyl (C=O) groups is 3. The Balaban J connectivity index is 1.83. The highest BCUT2D eigenvalue weighted by Crippen LogP contribution is 2.48. The SMILES string of the molecule is CNC(CN1C(=O)C2CC2C1=O)(C(N)=O)C1CC1. The van der Waals surface area contributed by atoms with E-state index >= 15 is 0 Å². The Morgan fingerprint density at radius 3 is 2.33 bits per heavy atom. The fraction of sp³-hybridized carbons (Fsp3) is 0.750. The molecular formula is C12H17N3O3. The molecule has 0 bridgehead atoms. The molecule has 2 saturated carbocycles. The molecule has 1 heterocycles. The summed E-state index contributed by atoms with van der Waals surface area (Å²) in [5.41, 5.74) is 4.54. The van der Waals surface area contributed by atoms with Gasteiger partial charge in [-0.1, -0.05) is 0 Å². The summed E-state index contributed by atoms with van der Waals surface area (Å²) in [5.74, 6) is -0.859. The van der Waals surface area contributed by atoms with Gasteiger partial charge in [-0.05, 0) is 32.2 Å². The quantitative estimate of drug-likeness (QED) is 0.603. The molecule has 0 aromatic heterocycles. The Bertz CT molecular complexity index is 426. The van der Waals surface area contributed by atoms with E-state index in [2.05, 4.69) is 5.32 Å². The van der Waals surface area contributed by atoms with E-state index in [1.54, 1.807) is 7.05 Å². The second-order valence-electron chi connectivity index (χ2n) is 5.57. The lowest BCUT2D eigenvalue weighted by Crippen LogP contribution is -2.63. The lowest BCUT2D eigenvalue weighted by atomic mass is 9.91. The van der Waals surface area contributed by atoms with E-state index in [4.69, 9.17) is 5.73 Å². The van der Waals surface area contributed by atoms with E-state index in [0.717, 1.165) is 12.8 Å². The molecular weight excluding hydrogens is 234 g/mol. The van der Waals surface area contributed by atoms with Crippen LogP contribution in [0.4, 0.5) is 0 Å². The van der Waals surface area contributed by atoms with Crippen LogP contribution in [0.3, 0.4) is 0 Å². The van der Waals surface area contributed by atoms with Gasteiger partial charge in [0, 0.05) is 0 Å². The number of carbonyl (C=O) groups excluding carboxylic acids is 3. The maximum absolute atomic E-state index is 11.9. The predicted molar refractivity (Wildman–Crippen MR) is 62.0 cm³/mol. The third-order valence-corrected chi connectivity index (χ3v) is 4.52. The number of primary amides is 1. The summed E-state index contributed by atoms with van der Waals surface area (Å²) in [5, 5.41) is 2.95. The first-order valence-electron chi connectivity index (χ1n) is 6.35. The first-order valence-corrected chi connectivity index (χ1v) is 6.35. The molecule has 3 fully saturated rings. The van der Waals surface area contributed by atoms with Gasteiger partial charge in [-0.3, -0.25) is 19.3 Å². The van der Waals surface area contributed by atoms with Gasteiger partial charge in [0.25, 0.3) is 0 Å². The van der Waals surface area contributed by atoms with Gasteiger partial charge in [0.05, 0.1) is 18.4 Å². The zero-order chi connectivity index (χ0) is 13.1. The highest BCUT2D eigenvalue weighted by molar-refractivity contribution is 6.09. The van der Waals surface area contributed by atoms with Crippen molar-refractivity contribution in [3.05, 3.63) is 0 Å². The molecule has 6 nitrogen and oxygen atoms in total. The molecule has 2 aliphatic carbocycles. The third kappa shape index (κ3) is 1.41. The fourth-order valence-corrected chi connectivity index (χ4v) is 3.05. The maximum atomic E-state index is 11.9. The fourth-order valence-electron chi connectivity index (χ4n) is 3.05. The molecule has 3 rings (SSSR count). The molecule has 0 aromatic rings. The summed E-state index contributed by atoms with van der Waals surface area (Å²) in [6.45, 7) is 0.0914. The van der Waals surface area contributed by atoms with Crippen molar-refractivity contribution >= 4 is 17.7 Å². The van der Waals surface area contributed by atoms with E-state index in [0.29, 0.717) is 6.42 Å². The van der Waals surface area contributed by atoms with Crippen molar-refractivity contribution in [1.82, 2.24) is 10.2 Å². The normalized spacial score (nSPS) is 33.3. The molecule has 0 spiro atoms. The van der Waals surface area contributed by atoms with Gasteiger partial charge in [0.2, 0.25) is 17.7 Å². The molecule has 0 radical (unpaired) electrons. The summed E-state index contributed by atoms with van der Waals surface area (Å²) in [7, 11) is 1.66. The molecule has 3 atom stereocenters. The summed E-state index contributed by atoms with van der Waals surface area (Å²) >= 11 is 0. The van der Waals surface area contributed by atoms with Crippen LogP contribution in [0.25, 0.3) is 0 Å². The smallest absolute Gasteiger partial charge is 0.239 e. The van der Waals surface area contributed by atoms with Gasteiger partial charge in [-0.2, -0.15) is 0 Å². The van der Waals surface area contributed by atoms with E-state index in [1.165, 1.54) is 4.90 Å². The third-order valence-electron chi connectivity index (χ3n) is 4.52. The second-order valence-corrected chi connectivity index (χ2v) is 5.57. The van der Waals surface area contributed by atoms with Crippen molar-refractivity contribution in [3.63, 3.8) is 0 Å². The van der Waals surface area contributed by atoms with Crippen molar-refractivity contribution < 1.29 is 14.4 Å². The Morgan fingerprint density at radius 1 is 1.39 bits per heavy atom. The summed E-state index contributed by atoms with van der Waals surface area (Å²) < 4.78 is 0. The monoisotopic (exact) mass is 251 g/mol. The zero-order valence-electron chi connectivity index (χ0n) is 10.3. The van der Waals surface area contributed by atoms with E-state index in [-0.39, 0.29) is 36.1 Å². The number of nitrogens with two attached hydrogens (primary N) is 1. The minimum Gasteiger partial charge on any atom is -0.368 e. The summed E-state index contributed by atoms with van der Waals surface area (Å²) in [6.07, 6.45) is 2.50. The number of nitrogens with one attached hydrogen (secondary N) is 1. The number of fused-ring (bicyclic) bond motifs is 1. The van der Waals surface area contributed by atoms with Crippen LogP contribution >= 0.6 is 0 Å². The van der Waals surface area contributed by atoms with Crippen molar-refractivity contribution in [2.45, 2.75) is 24.8 Å². The highest BCUT2D eigenvalue weighted by atomic mass is 16.2. The van der Waals surface area contributed by atoms with Crippen LogP contribution in [-0.2, 0) is 14.4 Å². The Labute approximate surface area is 105 Å². The van der Waals surface area contributed by atoms with Crippen LogP contribution in [0.15, 0.2) is 0 Å². The predicted octanol–water partition coefficient (Wildman–Crippen LogP) is -1.16. The van der Waals surface area contributed by atoms with Crippen LogP contribution in [-0.4, -0.2) is 41.8 Å². The van der Waals surface area contributed by atoms with E-state index in [1.807, 2.05) is 0 Å². The summed E-state index contributed by atoms with van der Waals surface area (Å²) in [6, 6.07) is 0. The number of amides is 3. The minimum atomic E-state index is -0.942. The van der Waals surface area contributed by atoms with Crippen LogP contribution < -0.4 is 11.1 Å². The minimum absolute atomic E-state index is 0.0914. The van der Waals surface area contributed by atoms with Gasteiger partial charge in [0.15, 0.2) is 0 Å². The lowest BCUT2D eigenvalue weighted by Gasteiger charge is -2.34. The standard InChI is InChI=1S/C12H17N3O3/c1-14-12(11(13)18,6-2-3-6)5-15-9(16)7-4-8(7)10(15)17/h6-8,14H,2-5H2,1H3,(H2,13,18). The van der Waals surface area contributed by atoms with Crippen LogP contribution in [0.5, 0.6) is 0 Å². The number of hydrogen-bond acceptors (Lipinski definition) is 4. The lowest BCUT2D eigenvalue weighted by molar-refractivity contribution is -0.143. The second kappa shape index (κ2) is 3.54. The Hall–Kier alpha value is -1.43. The molecule has 98 valence electrons. The van der Waals surface area contributed by atoms with E-state index in [9.17, 15) is 14.4 Å². The summed E-state index contributed by atoms with van der Waals surface area (Å²) in [4.78, 5) is 36.9. The van der Waals surface area contributed by atoms with Crippen LogP contribution in [0.2, 0.25) is 0 Å². The van der Waals surface area contributed by atoms with Gasteiger partial charge < -0.3 is 11.1 Å². The highest BCUT2D eigenvalue weighted by Gasteiger charge is 2.61. The van der Waals surface area contributed by atoms with E-state index < -0.39 is 11.4 Å². The average molecular weight is 251 g/mol. The maximum Gasteiger partial charge on any atom is 0.239 e. The van der Waals surface area contributed by atoms with Crippen molar-refractivity contribution in [1.29, 1.82) is 0 Å². The molecule has 6 heteroatoms. The molecule has 0 aromatic carbocycles. The van der Waals surface area contributed by atoms with Gasteiger partial charge in [-0.15, -0.1) is 0 Å². The molecule has 1 aliphatic heterocycles. The van der Waals surface area contributed by atoms with Gasteiger partial charge in [0.1, 0.15) is 5.54 Å². The van der Waals surface area contributed by atoms with Gasteiger partial charge >= 0.3 is 0 Å². The molecule has 18 heavy (non-hydrogen) atoms. The van der Waals surface area contributed by atoms with Crippen LogP contribution in [0, 0.1) is 17.8 Å². The van der Waals surface area contributed by atoms with Crippen molar-refractivity contribution in [2.75, 3.05) is 13.6 Å². The zero-order valence-corrected chi connectivity index (χ0v) is 10.3. The number of likely N-dealkylation sites (tertiary alicyclic amines) is 1. The number of nitrogens with zero attached hydrogens (tertiary/aromatic N) is 1. The number of piperidine rings is 1. The number of likely N-dealkylation sites (N-methyl/N-ethyl adjacent to an activating group) is 1. The molecule has 3 aliphatic rings. The van der Waals surface area contributed by atoms with Crippen LogP contribution in [0.1, 0.15) is 19.3 Å². The number of rotatable bonds is 5. The largest absolute Gasteiger partial charge is 0.368 e. The first kappa shape index (κ1) is 11.6. The first-order chi connectivity index (χ1) is 8.51. The molecule has 3 amide bonds. The topological polar surface area (TPSA) is 92.5 Å². The van der Waals surface area contributed by atoms with Crippen molar-refractivity contribution in [2.24, 2.45) is 23.5 Å². The number of imide groups is 1. The molecule has 3 N–H and O–H groups in total. The average Bonchev–Trinajstić information content (AvgIpc) is 3.20.